The van der Waals surface area contributed by atoms with Crippen LogP contribution in [0.3, 0.4) is 0 Å². The van der Waals surface area contributed by atoms with Gasteiger partial charge in [0.2, 0.25) is 0 Å². The van der Waals surface area contributed by atoms with Gasteiger partial charge in [-0.15, -0.1) is 11.7 Å². The van der Waals surface area contributed by atoms with Crippen LogP contribution in [0.15, 0.2) is 91.6 Å². The van der Waals surface area contributed by atoms with Crippen molar-refractivity contribution in [1.29, 1.82) is 0 Å². The predicted molar refractivity (Wildman–Crippen MR) is 189 cm³/mol. The normalized spacial score (nSPS) is 22.3. The fraction of sp³-hybridized carbons (Fsp3) is 0.351. The van der Waals surface area contributed by atoms with Crippen LogP contribution in [0.4, 0.5) is 11.4 Å². The zero-order chi connectivity index (χ0) is 34.9. The molecule has 2 aliphatic heterocycles. The van der Waals surface area contributed by atoms with E-state index in [2.05, 4.69) is 22.2 Å². The van der Waals surface area contributed by atoms with Crippen molar-refractivity contribution in [3.8, 4) is 5.75 Å². The number of fused-ring (bicyclic) bond motifs is 2. The summed E-state index contributed by atoms with van der Waals surface area (Å²) in [6.07, 6.45) is 3.52. The number of ether oxygens (including phenoxy) is 2. The first-order chi connectivity index (χ1) is 23.5. The average molecular weight is 682 g/mol. The van der Waals surface area contributed by atoms with Crippen LogP contribution < -0.4 is 15.0 Å². The summed E-state index contributed by atoms with van der Waals surface area (Å²) in [7, 11) is -1.33. The molecule has 5 atom stereocenters. The maximum atomic E-state index is 14.5. The van der Waals surface area contributed by atoms with Crippen molar-refractivity contribution < 1.29 is 29.0 Å². The van der Waals surface area contributed by atoms with Crippen molar-refractivity contribution in [2.75, 3.05) is 30.5 Å². The van der Waals surface area contributed by atoms with E-state index < -0.39 is 20.0 Å². The summed E-state index contributed by atoms with van der Waals surface area (Å²) in [4.78, 5) is 41.0. The highest BCUT2D eigenvalue weighted by atomic mass is 28.4. The van der Waals surface area contributed by atoms with Gasteiger partial charge >= 0.3 is 0 Å². The Balaban J connectivity index is 1.30. The smallest absolute Gasteiger partial charge is 0.264 e. The van der Waals surface area contributed by atoms with E-state index in [1.54, 1.807) is 53.1 Å². The number of aliphatic hydroxyl groups excluding tert-OH is 1. The van der Waals surface area contributed by atoms with E-state index in [1.807, 2.05) is 68.7 Å². The highest BCUT2D eigenvalue weighted by Crippen LogP contribution is 2.60. The Morgan fingerprint density at radius 2 is 1.90 bits per heavy atom. The number of hydrogen-bond donors (Lipinski definition) is 3. The lowest BCUT2D eigenvalue weighted by Gasteiger charge is -2.32. The number of anilines is 2. The number of nitrogens with zero attached hydrogens (tertiary/aromatic N) is 4. The van der Waals surface area contributed by atoms with E-state index in [0.29, 0.717) is 46.9 Å². The third-order valence-corrected chi connectivity index (χ3v) is 12.3. The third kappa shape index (κ3) is 6.32. The van der Waals surface area contributed by atoms with Gasteiger partial charge in [-0.25, -0.2) is 0 Å². The van der Waals surface area contributed by atoms with E-state index in [4.69, 9.17) is 9.47 Å². The lowest BCUT2D eigenvalue weighted by molar-refractivity contribution is -0.145. The third-order valence-electron chi connectivity index (χ3n) is 9.85. The molecule has 3 aromatic carbocycles. The summed E-state index contributed by atoms with van der Waals surface area (Å²) in [5.41, 5.74) is 2.27. The van der Waals surface area contributed by atoms with Gasteiger partial charge in [-0.3, -0.25) is 14.3 Å². The Kier molecular flexibility index (Phi) is 9.58. The first-order valence-electron chi connectivity index (χ1n) is 16.5. The first-order valence-corrected chi connectivity index (χ1v) is 19.5. The highest BCUT2D eigenvalue weighted by molar-refractivity contribution is 6.71. The van der Waals surface area contributed by atoms with E-state index in [9.17, 15) is 19.5 Å². The number of rotatable bonds is 12. The summed E-state index contributed by atoms with van der Waals surface area (Å²) in [6, 6.07) is 21.9. The number of carbonyl (C=O) groups excluding carboxylic acids is 2. The van der Waals surface area contributed by atoms with Gasteiger partial charge in [0.15, 0.2) is 13.9 Å². The number of carbonyl (C=O) groups is 2. The van der Waals surface area contributed by atoms with E-state index >= 15 is 0 Å². The van der Waals surface area contributed by atoms with E-state index in [-0.39, 0.29) is 42.3 Å². The number of methoxy groups -OCH3 is 1. The molecule has 2 aliphatic rings. The number of hydrogen-bond acceptors (Lipinski definition) is 8. The maximum absolute atomic E-state index is 14.5. The zero-order valence-electron chi connectivity index (χ0n) is 28.2. The molecule has 11 nitrogen and oxygen atoms in total. The molecule has 2 amide bonds. The summed E-state index contributed by atoms with van der Waals surface area (Å²) < 4.78 is 13.9. The molecule has 4 aromatic rings. The Morgan fingerprint density at radius 1 is 1.16 bits per heavy atom. The van der Waals surface area contributed by atoms with Gasteiger partial charge in [0.25, 0.3) is 11.8 Å². The molecule has 0 radical (unpaired) electrons. The van der Waals surface area contributed by atoms with Crippen LogP contribution in [0.2, 0.25) is 18.6 Å². The van der Waals surface area contributed by atoms with Crippen LogP contribution >= 0.6 is 0 Å². The average Bonchev–Trinajstić information content (AvgIpc) is 3.75. The Morgan fingerprint density at radius 3 is 2.55 bits per heavy atom. The van der Waals surface area contributed by atoms with Crippen LogP contribution in [0.5, 0.6) is 5.75 Å². The summed E-state index contributed by atoms with van der Waals surface area (Å²) in [5, 5.41) is 21.8. The lowest BCUT2D eigenvalue weighted by atomic mass is 9.82. The molecule has 3 N–H and O–H groups in total. The minimum Gasteiger partial charge on any atom is -0.497 e. The van der Waals surface area contributed by atoms with Crippen LogP contribution in [0.1, 0.15) is 46.4 Å². The van der Waals surface area contributed by atoms with Crippen LogP contribution in [-0.2, 0) is 21.7 Å². The van der Waals surface area contributed by atoms with Gasteiger partial charge < -0.3 is 29.6 Å². The molecule has 0 aliphatic carbocycles. The SMILES string of the molecule is C=CCN1C(=O)[C@]2(O[C@H](CCn3cc(C(CO)c4ccccc4)nn3)[C@@H]([Si](C)(C)O)[C@@H]2C)c2cc(NC(=O)c3ccc(OC)cc3)ccc21. The molecule has 3 heterocycles. The summed E-state index contributed by atoms with van der Waals surface area (Å²) in [5.74, 6) is -0.543. The fourth-order valence-corrected chi connectivity index (χ4v) is 10.2. The molecule has 6 rings (SSSR count). The van der Waals surface area contributed by atoms with Crippen LogP contribution in [-0.4, -0.2) is 71.4 Å². The van der Waals surface area contributed by atoms with Gasteiger partial charge in [0.1, 0.15) is 5.75 Å². The number of aryl methyl sites for hydroxylation is 1. The Bertz CT molecular complexity index is 1820. The van der Waals surface area contributed by atoms with Crippen LogP contribution in [0, 0.1) is 5.92 Å². The molecular formula is C37H43N5O6Si. The Hall–Kier alpha value is -4.62. The van der Waals surface area contributed by atoms with Gasteiger partial charge in [0, 0.05) is 47.6 Å². The van der Waals surface area contributed by atoms with Gasteiger partial charge in [-0.2, -0.15) is 0 Å². The predicted octanol–water partition coefficient (Wildman–Crippen LogP) is 5.08. The summed E-state index contributed by atoms with van der Waals surface area (Å²) >= 11 is 0. The maximum Gasteiger partial charge on any atom is 0.264 e. The van der Waals surface area contributed by atoms with Crippen LogP contribution in [0.25, 0.3) is 0 Å². The molecule has 0 saturated carbocycles. The summed E-state index contributed by atoms with van der Waals surface area (Å²) in [6.45, 7) is 10.2. The second-order valence-corrected chi connectivity index (χ2v) is 17.3. The number of nitrogens with one attached hydrogen (secondary N) is 1. The minimum absolute atomic E-state index is 0.105. The molecule has 0 bridgehead atoms. The van der Waals surface area contributed by atoms with Crippen molar-refractivity contribution in [2.45, 2.75) is 56.1 Å². The van der Waals surface area contributed by atoms with Crippen molar-refractivity contribution in [2.24, 2.45) is 5.92 Å². The Labute approximate surface area is 287 Å². The van der Waals surface area contributed by atoms with E-state index in [1.165, 1.54) is 0 Å². The fourth-order valence-electron chi connectivity index (χ4n) is 7.58. The largest absolute Gasteiger partial charge is 0.497 e. The monoisotopic (exact) mass is 681 g/mol. The molecule has 1 saturated heterocycles. The molecule has 1 spiro atoms. The first kappa shape index (κ1) is 34.2. The van der Waals surface area contributed by atoms with Crippen molar-refractivity contribution in [3.63, 3.8) is 0 Å². The topological polar surface area (TPSA) is 139 Å². The van der Waals surface area contributed by atoms with Gasteiger partial charge in [0.05, 0.1) is 37.1 Å². The standard InChI is InChI=1S/C37H43N5O6Si/c1-6-19-42-32-17-14-27(38-35(44)26-12-15-28(47-3)16-13-26)21-30(32)37(36(42)45)24(2)34(49(4,5)46)33(48-37)18-20-41-22-31(39-40-41)29(23-43)25-10-8-7-9-11-25/h6-17,21-22,24,29,33-34,43,46H,1,18-20,23H2,2-5H3,(H,38,44)/t24-,29?,33+,34-,37+/m0/s1. The molecule has 1 unspecified atom stereocenters. The van der Waals surface area contributed by atoms with Gasteiger partial charge in [-0.1, -0.05) is 48.5 Å². The number of aliphatic hydroxyl groups is 1. The highest BCUT2D eigenvalue weighted by Gasteiger charge is 2.66. The number of amides is 2. The molecule has 256 valence electrons. The second kappa shape index (κ2) is 13.7. The number of benzene rings is 3. The quantitative estimate of drug-likeness (QED) is 0.139. The molecule has 49 heavy (non-hydrogen) atoms. The molecule has 1 aromatic heterocycles. The van der Waals surface area contributed by atoms with Crippen molar-refractivity contribution in [3.05, 3.63) is 114 Å². The number of aromatic nitrogens is 3. The molecular weight excluding hydrogens is 639 g/mol. The van der Waals surface area contributed by atoms with Gasteiger partial charge in [-0.05, 0) is 67.5 Å². The minimum atomic E-state index is -2.90. The molecule has 1 fully saturated rings. The van der Waals surface area contributed by atoms with Crippen molar-refractivity contribution >= 4 is 31.5 Å². The molecule has 12 heteroatoms. The van der Waals surface area contributed by atoms with E-state index in [0.717, 1.165) is 5.56 Å². The zero-order valence-corrected chi connectivity index (χ0v) is 29.2. The van der Waals surface area contributed by atoms with Crippen molar-refractivity contribution in [1.82, 2.24) is 15.0 Å². The second-order valence-electron chi connectivity index (χ2n) is 13.3. The lowest BCUT2D eigenvalue weighted by Crippen LogP contribution is -2.46.